The van der Waals surface area contributed by atoms with Crippen LogP contribution in [0.25, 0.3) is 5.57 Å². The van der Waals surface area contributed by atoms with Gasteiger partial charge in [-0.1, -0.05) is 49.4 Å². The molecule has 0 amide bonds. The lowest BCUT2D eigenvalue weighted by Gasteiger charge is -2.29. The smallest absolute Gasteiger partial charge is 0.335 e. The van der Waals surface area contributed by atoms with Crippen LogP contribution in [0, 0.1) is 0 Å². The number of sulfone groups is 1. The zero-order valence-corrected chi connectivity index (χ0v) is 17.7. The van der Waals surface area contributed by atoms with Gasteiger partial charge in [0.05, 0.1) is 17.1 Å². The van der Waals surface area contributed by atoms with Crippen LogP contribution in [0.2, 0.25) is 0 Å². The van der Waals surface area contributed by atoms with E-state index in [0.717, 1.165) is 41.8 Å². The van der Waals surface area contributed by atoms with Gasteiger partial charge in [-0.05, 0) is 41.8 Å². The summed E-state index contributed by atoms with van der Waals surface area (Å²) in [6, 6.07) is 16.7. The molecule has 0 fully saturated rings. The van der Waals surface area contributed by atoms with Crippen molar-refractivity contribution >= 4 is 21.4 Å². The number of carbonyl (C=O) groups excluding carboxylic acids is 1. The van der Waals surface area contributed by atoms with Crippen molar-refractivity contribution < 1.29 is 17.9 Å². The molecule has 2 aromatic carbocycles. The van der Waals surface area contributed by atoms with E-state index in [1.165, 1.54) is 6.26 Å². The van der Waals surface area contributed by atoms with Crippen LogP contribution >= 0.6 is 0 Å². The molecule has 0 aliphatic carbocycles. The van der Waals surface area contributed by atoms with E-state index in [4.69, 9.17) is 4.74 Å². The molecule has 0 saturated carbocycles. The number of ether oxygens (including phenoxy) is 1. The molecular formula is C23H27NO4S. The van der Waals surface area contributed by atoms with Crippen molar-refractivity contribution in [1.82, 2.24) is 4.90 Å². The minimum absolute atomic E-state index is 0.259. The van der Waals surface area contributed by atoms with Gasteiger partial charge in [0, 0.05) is 25.8 Å². The third kappa shape index (κ3) is 5.55. The second-order valence-electron chi connectivity index (χ2n) is 7.24. The van der Waals surface area contributed by atoms with Gasteiger partial charge < -0.3 is 4.74 Å². The Kier molecular flexibility index (Phi) is 6.87. The minimum atomic E-state index is -3.20. The van der Waals surface area contributed by atoms with Crippen LogP contribution in [-0.2, 0) is 25.8 Å². The van der Waals surface area contributed by atoms with E-state index >= 15 is 0 Å². The maximum absolute atomic E-state index is 12.8. The highest BCUT2D eigenvalue weighted by atomic mass is 32.2. The average molecular weight is 414 g/mol. The highest BCUT2D eigenvalue weighted by molar-refractivity contribution is 7.90. The summed E-state index contributed by atoms with van der Waals surface area (Å²) in [6.45, 7) is 4.78. The van der Waals surface area contributed by atoms with Gasteiger partial charge in [0.2, 0.25) is 0 Å². The van der Waals surface area contributed by atoms with E-state index in [1.54, 1.807) is 24.3 Å². The Morgan fingerprint density at radius 1 is 1.07 bits per heavy atom. The van der Waals surface area contributed by atoms with Gasteiger partial charge >= 0.3 is 5.97 Å². The van der Waals surface area contributed by atoms with Gasteiger partial charge in [0.25, 0.3) is 0 Å². The van der Waals surface area contributed by atoms with Crippen molar-refractivity contribution in [2.24, 2.45) is 0 Å². The summed E-state index contributed by atoms with van der Waals surface area (Å²) in [5.74, 6) is -0.269. The monoisotopic (exact) mass is 413 g/mol. The number of carbonyl (C=O) groups is 1. The first-order valence-electron chi connectivity index (χ1n) is 9.84. The van der Waals surface area contributed by atoms with Gasteiger partial charge in [0.1, 0.15) is 0 Å². The van der Waals surface area contributed by atoms with Crippen LogP contribution in [0.15, 0.2) is 65.1 Å². The van der Waals surface area contributed by atoms with Gasteiger partial charge in [-0.25, -0.2) is 13.2 Å². The van der Waals surface area contributed by atoms with Crippen molar-refractivity contribution in [3.8, 4) is 0 Å². The Morgan fingerprint density at radius 2 is 1.76 bits per heavy atom. The van der Waals surface area contributed by atoms with E-state index in [9.17, 15) is 13.2 Å². The summed E-state index contributed by atoms with van der Waals surface area (Å²) in [6.07, 6.45) is 2.56. The lowest BCUT2D eigenvalue weighted by molar-refractivity contribution is -0.139. The Morgan fingerprint density at radius 3 is 2.38 bits per heavy atom. The lowest BCUT2D eigenvalue weighted by Crippen LogP contribution is -2.34. The first-order chi connectivity index (χ1) is 13.9. The van der Waals surface area contributed by atoms with Gasteiger partial charge in [-0.3, -0.25) is 4.90 Å². The third-order valence-electron chi connectivity index (χ3n) is 5.22. The predicted octanol–water partition coefficient (Wildman–Crippen LogP) is 3.36. The molecule has 1 heterocycles. The number of nitrogens with zero attached hydrogens (tertiary/aromatic N) is 1. The molecule has 1 aliphatic heterocycles. The molecule has 154 valence electrons. The molecule has 6 heteroatoms. The van der Waals surface area contributed by atoms with Crippen molar-refractivity contribution in [2.75, 3.05) is 32.5 Å². The second kappa shape index (κ2) is 9.37. The Labute approximate surface area is 172 Å². The van der Waals surface area contributed by atoms with Crippen LogP contribution in [0.3, 0.4) is 0 Å². The first kappa shape index (κ1) is 21.3. The SMILES string of the molecule is CCN1CCC(c2ccccc2)=C(C(=O)OCCc2ccc(S(C)(=O)=O)cc2)C1. The van der Waals surface area contributed by atoms with Gasteiger partial charge in [0.15, 0.2) is 9.84 Å². The summed E-state index contributed by atoms with van der Waals surface area (Å²) in [5, 5.41) is 0. The second-order valence-corrected chi connectivity index (χ2v) is 9.26. The van der Waals surface area contributed by atoms with Crippen molar-refractivity contribution in [1.29, 1.82) is 0 Å². The van der Waals surface area contributed by atoms with Crippen LogP contribution in [-0.4, -0.2) is 51.8 Å². The zero-order valence-electron chi connectivity index (χ0n) is 16.9. The van der Waals surface area contributed by atoms with Crippen LogP contribution in [0.4, 0.5) is 0 Å². The van der Waals surface area contributed by atoms with Gasteiger partial charge in [-0.15, -0.1) is 0 Å². The van der Waals surface area contributed by atoms with Crippen LogP contribution in [0.1, 0.15) is 24.5 Å². The summed E-state index contributed by atoms with van der Waals surface area (Å²) >= 11 is 0. The molecule has 0 unspecified atom stereocenters. The fourth-order valence-electron chi connectivity index (χ4n) is 3.49. The molecule has 0 spiro atoms. The van der Waals surface area contributed by atoms with Crippen LogP contribution < -0.4 is 0 Å². The summed E-state index contributed by atoms with van der Waals surface area (Å²) < 4.78 is 28.7. The molecule has 29 heavy (non-hydrogen) atoms. The molecule has 0 atom stereocenters. The number of likely N-dealkylation sites (N-methyl/N-ethyl adjacent to an activating group) is 1. The van der Waals surface area contributed by atoms with E-state index in [0.29, 0.717) is 13.0 Å². The van der Waals surface area contributed by atoms with E-state index in [2.05, 4.69) is 11.8 Å². The average Bonchev–Trinajstić information content (AvgIpc) is 2.73. The number of rotatable bonds is 7. The zero-order chi connectivity index (χ0) is 20.9. The molecule has 0 saturated heterocycles. The molecule has 0 bridgehead atoms. The van der Waals surface area contributed by atoms with Crippen molar-refractivity contribution in [3.63, 3.8) is 0 Å². The molecule has 2 aromatic rings. The molecular weight excluding hydrogens is 386 g/mol. The highest BCUT2D eigenvalue weighted by Gasteiger charge is 2.25. The Hall–Kier alpha value is -2.44. The molecule has 1 aliphatic rings. The fourth-order valence-corrected chi connectivity index (χ4v) is 4.12. The van der Waals surface area contributed by atoms with E-state index in [1.807, 2.05) is 30.3 Å². The minimum Gasteiger partial charge on any atom is -0.462 e. The fraction of sp³-hybridized carbons (Fsp3) is 0.348. The van der Waals surface area contributed by atoms with Crippen molar-refractivity contribution in [3.05, 3.63) is 71.3 Å². The number of hydrogen-bond acceptors (Lipinski definition) is 5. The number of esters is 1. The summed E-state index contributed by atoms with van der Waals surface area (Å²) in [5.41, 5.74) is 3.81. The molecule has 3 rings (SSSR count). The Bertz CT molecular complexity index is 979. The maximum atomic E-state index is 12.8. The third-order valence-corrected chi connectivity index (χ3v) is 6.34. The standard InChI is InChI=1S/C23H27NO4S/c1-3-24-15-13-21(19-7-5-4-6-8-19)22(17-24)23(25)28-16-14-18-9-11-20(12-10-18)29(2,26)27/h4-12H,3,13-17H2,1-2H3. The molecule has 0 radical (unpaired) electrons. The van der Waals surface area contributed by atoms with Crippen LogP contribution in [0.5, 0.6) is 0 Å². The first-order valence-corrected chi connectivity index (χ1v) is 11.7. The molecule has 0 aromatic heterocycles. The Balaban J connectivity index is 1.68. The normalized spacial score (nSPS) is 15.4. The summed E-state index contributed by atoms with van der Waals surface area (Å²) in [4.78, 5) is 15.4. The topological polar surface area (TPSA) is 63.7 Å². The predicted molar refractivity (Wildman–Crippen MR) is 114 cm³/mol. The largest absolute Gasteiger partial charge is 0.462 e. The lowest BCUT2D eigenvalue weighted by atomic mass is 9.93. The number of benzene rings is 2. The van der Waals surface area contributed by atoms with E-state index < -0.39 is 9.84 Å². The highest BCUT2D eigenvalue weighted by Crippen LogP contribution is 2.28. The maximum Gasteiger partial charge on any atom is 0.335 e. The van der Waals surface area contributed by atoms with E-state index in [-0.39, 0.29) is 17.5 Å². The van der Waals surface area contributed by atoms with Crippen molar-refractivity contribution in [2.45, 2.75) is 24.7 Å². The van der Waals surface area contributed by atoms with Gasteiger partial charge in [-0.2, -0.15) is 0 Å². The molecule has 5 nitrogen and oxygen atoms in total. The number of hydrogen-bond donors (Lipinski definition) is 0. The quantitative estimate of drug-likeness (QED) is 0.652. The summed E-state index contributed by atoms with van der Waals surface area (Å²) in [7, 11) is -3.20. The molecule has 0 N–H and O–H groups in total.